The van der Waals surface area contributed by atoms with E-state index in [2.05, 4.69) is 17.2 Å². The van der Waals surface area contributed by atoms with E-state index < -0.39 is 10.0 Å². The maximum Gasteiger partial charge on any atom is 0.267 e. The third kappa shape index (κ3) is 5.54. The number of carbonyl (C=O) groups is 2. The highest BCUT2D eigenvalue weighted by Gasteiger charge is 2.39. The summed E-state index contributed by atoms with van der Waals surface area (Å²) in [6.45, 7) is 8.32. The summed E-state index contributed by atoms with van der Waals surface area (Å²) >= 11 is 0. The molecule has 0 radical (unpaired) electrons. The fraction of sp³-hybridized carbons (Fsp3) is 0.417. The van der Waals surface area contributed by atoms with Gasteiger partial charge in [-0.1, -0.05) is 50.8 Å². The minimum atomic E-state index is -3.81. The maximum absolute atomic E-state index is 13.4. The Balaban J connectivity index is 1.68. The standard InChI is InChI=1S/C24H32N4O4S/c1-5-21(29)26-23-17(2)15-28(16-18(23)3)33(31,32)22-12-11-20(27(22)4)24(30)25-14-13-19-9-7-6-8-10-19/h5-12,17-18,23H,1,13-16H2,2-4H3,(H,25,30)(H,26,29). The summed E-state index contributed by atoms with van der Waals surface area (Å²) in [5.74, 6) is -0.732. The number of sulfonamides is 1. The van der Waals surface area contributed by atoms with Crippen LogP contribution in [-0.4, -0.2) is 54.8 Å². The van der Waals surface area contributed by atoms with E-state index >= 15 is 0 Å². The molecule has 1 aromatic carbocycles. The van der Waals surface area contributed by atoms with Gasteiger partial charge in [0, 0.05) is 32.7 Å². The Hall–Kier alpha value is -2.91. The van der Waals surface area contributed by atoms with Gasteiger partial charge in [0.15, 0.2) is 5.03 Å². The van der Waals surface area contributed by atoms with Crippen LogP contribution in [-0.2, 0) is 28.3 Å². The molecule has 178 valence electrons. The molecule has 8 nitrogen and oxygen atoms in total. The van der Waals surface area contributed by atoms with E-state index in [0.29, 0.717) is 13.0 Å². The molecule has 0 aliphatic carbocycles. The van der Waals surface area contributed by atoms with Crippen molar-refractivity contribution in [1.82, 2.24) is 19.5 Å². The van der Waals surface area contributed by atoms with Crippen molar-refractivity contribution in [2.24, 2.45) is 18.9 Å². The lowest BCUT2D eigenvalue weighted by atomic mass is 9.87. The number of aromatic nitrogens is 1. The van der Waals surface area contributed by atoms with Crippen molar-refractivity contribution < 1.29 is 18.0 Å². The highest BCUT2D eigenvalue weighted by molar-refractivity contribution is 7.89. The number of benzene rings is 1. The molecule has 0 spiro atoms. The van der Waals surface area contributed by atoms with Crippen molar-refractivity contribution in [3.63, 3.8) is 0 Å². The largest absolute Gasteiger partial charge is 0.350 e. The Morgan fingerprint density at radius 3 is 2.33 bits per heavy atom. The van der Waals surface area contributed by atoms with Crippen molar-refractivity contribution in [2.75, 3.05) is 19.6 Å². The number of nitrogens with zero attached hydrogens (tertiary/aromatic N) is 2. The van der Waals surface area contributed by atoms with Crippen LogP contribution >= 0.6 is 0 Å². The summed E-state index contributed by atoms with van der Waals surface area (Å²) in [5.41, 5.74) is 1.40. The van der Waals surface area contributed by atoms with Gasteiger partial charge in [-0.2, -0.15) is 4.31 Å². The molecule has 1 saturated heterocycles. The van der Waals surface area contributed by atoms with Gasteiger partial charge in [0.2, 0.25) is 5.91 Å². The van der Waals surface area contributed by atoms with Crippen LogP contribution in [0.2, 0.25) is 0 Å². The SMILES string of the molecule is C=CC(=O)NC1C(C)CN(S(=O)(=O)c2ccc(C(=O)NCCc3ccccc3)n2C)CC1C. The van der Waals surface area contributed by atoms with E-state index in [1.807, 2.05) is 44.2 Å². The minimum absolute atomic E-state index is 0.0729. The maximum atomic E-state index is 13.4. The molecule has 0 bridgehead atoms. The summed E-state index contributed by atoms with van der Waals surface area (Å²) in [5, 5.41) is 5.84. The van der Waals surface area contributed by atoms with Crippen LogP contribution in [0.5, 0.6) is 0 Å². The normalized spacial score (nSPS) is 21.4. The molecule has 1 fully saturated rings. The van der Waals surface area contributed by atoms with Gasteiger partial charge in [-0.3, -0.25) is 9.59 Å². The Bertz CT molecular complexity index is 1100. The second-order valence-electron chi connectivity index (χ2n) is 8.62. The fourth-order valence-electron chi connectivity index (χ4n) is 4.38. The van der Waals surface area contributed by atoms with Gasteiger partial charge < -0.3 is 15.2 Å². The molecule has 9 heteroatoms. The van der Waals surface area contributed by atoms with Crippen molar-refractivity contribution in [2.45, 2.75) is 31.3 Å². The lowest BCUT2D eigenvalue weighted by Gasteiger charge is -2.40. The predicted octanol–water partition coefficient (Wildman–Crippen LogP) is 1.94. The fourth-order valence-corrected chi connectivity index (χ4v) is 6.19. The second kappa shape index (κ2) is 10.4. The average molecular weight is 473 g/mol. The third-order valence-corrected chi connectivity index (χ3v) is 8.07. The molecule has 1 aromatic heterocycles. The van der Waals surface area contributed by atoms with Crippen molar-refractivity contribution >= 4 is 21.8 Å². The first kappa shape index (κ1) is 24.7. The molecule has 2 heterocycles. The monoisotopic (exact) mass is 472 g/mol. The molecule has 2 amide bonds. The highest BCUT2D eigenvalue weighted by Crippen LogP contribution is 2.28. The Labute approximate surface area is 195 Å². The van der Waals surface area contributed by atoms with Crippen LogP contribution < -0.4 is 10.6 Å². The van der Waals surface area contributed by atoms with E-state index in [1.54, 1.807) is 7.05 Å². The van der Waals surface area contributed by atoms with Crippen molar-refractivity contribution in [3.05, 3.63) is 66.4 Å². The minimum Gasteiger partial charge on any atom is -0.350 e. The molecule has 0 saturated carbocycles. The lowest BCUT2D eigenvalue weighted by molar-refractivity contribution is -0.118. The zero-order valence-corrected chi connectivity index (χ0v) is 20.1. The van der Waals surface area contributed by atoms with Crippen molar-refractivity contribution in [3.8, 4) is 0 Å². The van der Waals surface area contributed by atoms with Gasteiger partial charge in [0.05, 0.1) is 0 Å². The molecule has 2 unspecified atom stereocenters. The summed E-state index contributed by atoms with van der Waals surface area (Å²) in [7, 11) is -2.22. The number of hydrogen-bond acceptors (Lipinski definition) is 4. The van der Waals surface area contributed by atoms with E-state index in [4.69, 9.17) is 0 Å². The first-order chi connectivity index (χ1) is 15.6. The highest BCUT2D eigenvalue weighted by atomic mass is 32.2. The first-order valence-corrected chi connectivity index (χ1v) is 12.5. The molecular weight excluding hydrogens is 440 g/mol. The van der Waals surface area contributed by atoms with Crippen LogP contribution in [0.3, 0.4) is 0 Å². The summed E-state index contributed by atoms with van der Waals surface area (Å²) < 4.78 is 29.6. The predicted molar refractivity (Wildman–Crippen MR) is 127 cm³/mol. The number of amides is 2. The van der Waals surface area contributed by atoms with Crippen LogP contribution in [0, 0.1) is 11.8 Å². The van der Waals surface area contributed by atoms with Gasteiger partial charge in [-0.15, -0.1) is 0 Å². The summed E-state index contributed by atoms with van der Waals surface area (Å²) in [6, 6.07) is 12.7. The first-order valence-electron chi connectivity index (χ1n) is 11.1. The Morgan fingerprint density at radius 2 is 1.73 bits per heavy atom. The molecule has 2 atom stereocenters. The van der Waals surface area contributed by atoms with Crippen LogP contribution in [0.15, 0.2) is 60.1 Å². The molecule has 1 aliphatic heterocycles. The summed E-state index contributed by atoms with van der Waals surface area (Å²) in [4.78, 5) is 24.4. The Kier molecular flexibility index (Phi) is 7.76. The molecule has 2 N–H and O–H groups in total. The molecule has 2 aromatic rings. The number of carbonyl (C=O) groups excluding carboxylic acids is 2. The zero-order valence-electron chi connectivity index (χ0n) is 19.3. The third-order valence-electron chi connectivity index (χ3n) is 6.16. The summed E-state index contributed by atoms with van der Waals surface area (Å²) in [6.07, 6.45) is 1.91. The van der Waals surface area contributed by atoms with E-state index in [-0.39, 0.29) is 53.5 Å². The number of hydrogen-bond donors (Lipinski definition) is 2. The van der Waals surface area contributed by atoms with E-state index in [0.717, 1.165) is 5.56 Å². The van der Waals surface area contributed by atoms with Crippen molar-refractivity contribution in [1.29, 1.82) is 0 Å². The van der Waals surface area contributed by atoms with Gasteiger partial charge in [0.25, 0.3) is 15.9 Å². The van der Waals surface area contributed by atoms with E-state index in [9.17, 15) is 18.0 Å². The van der Waals surface area contributed by atoms with Gasteiger partial charge >= 0.3 is 0 Å². The molecule has 1 aliphatic rings. The zero-order chi connectivity index (χ0) is 24.2. The number of nitrogens with one attached hydrogen (secondary N) is 2. The average Bonchev–Trinajstić information content (AvgIpc) is 3.18. The molecular formula is C24H32N4O4S. The van der Waals surface area contributed by atoms with Crippen LogP contribution in [0.25, 0.3) is 0 Å². The van der Waals surface area contributed by atoms with Crippen LogP contribution in [0.1, 0.15) is 29.9 Å². The molecule has 33 heavy (non-hydrogen) atoms. The van der Waals surface area contributed by atoms with Gasteiger partial charge in [-0.05, 0) is 42.0 Å². The second-order valence-corrected chi connectivity index (χ2v) is 10.5. The Morgan fingerprint density at radius 1 is 1.09 bits per heavy atom. The topological polar surface area (TPSA) is 101 Å². The van der Waals surface area contributed by atoms with Gasteiger partial charge in [0.1, 0.15) is 5.69 Å². The van der Waals surface area contributed by atoms with Crippen LogP contribution in [0.4, 0.5) is 0 Å². The molecule has 3 rings (SSSR count). The van der Waals surface area contributed by atoms with Gasteiger partial charge in [-0.25, -0.2) is 8.42 Å². The number of rotatable bonds is 8. The quantitative estimate of drug-likeness (QED) is 0.574. The number of piperidine rings is 1. The smallest absolute Gasteiger partial charge is 0.267 e. The lowest BCUT2D eigenvalue weighted by Crippen LogP contribution is -2.55. The van der Waals surface area contributed by atoms with E-state index in [1.165, 1.54) is 27.1 Å².